The van der Waals surface area contributed by atoms with Crippen molar-refractivity contribution in [1.29, 1.82) is 0 Å². The van der Waals surface area contributed by atoms with E-state index in [0.717, 1.165) is 0 Å². The Balaban J connectivity index is 2.29. The molecule has 0 radical (unpaired) electrons. The quantitative estimate of drug-likeness (QED) is 0.750. The summed E-state index contributed by atoms with van der Waals surface area (Å²) in [6.45, 7) is 0. The minimum Gasteiger partial charge on any atom is -0.478 e. The number of fused-ring (bicyclic) bond motifs is 1. The van der Waals surface area contributed by atoms with Crippen LogP contribution in [0, 0.1) is 5.82 Å². The summed E-state index contributed by atoms with van der Waals surface area (Å²) >= 11 is 0. The first-order chi connectivity index (χ1) is 9.56. The lowest BCUT2D eigenvalue weighted by atomic mass is 10.2. The third-order valence-corrected chi connectivity index (χ3v) is 3.00. The Morgan fingerprint density at radius 2 is 2.00 bits per heavy atom. The Bertz CT molecular complexity index is 880. The first-order valence-corrected chi connectivity index (χ1v) is 5.80. The molecule has 0 amide bonds. The minimum atomic E-state index is -1.08. The molecule has 3 aromatic rings. The number of carboxylic acids is 1. The van der Waals surface area contributed by atoms with Gasteiger partial charge in [0.25, 0.3) is 0 Å². The number of H-pyrrole nitrogens is 1. The van der Waals surface area contributed by atoms with E-state index in [-0.39, 0.29) is 5.56 Å². The second kappa shape index (κ2) is 4.34. The lowest BCUT2D eigenvalue weighted by molar-refractivity contribution is 0.0697. The lowest BCUT2D eigenvalue weighted by Gasteiger charge is -2.03. The van der Waals surface area contributed by atoms with Crippen molar-refractivity contribution in [3.05, 3.63) is 64.3 Å². The smallest absolute Gasteiger partial charge is 0.335 e. The van der Waals surface area contributed by atoms with Crippen molar-refractivity contribution in [1.82, 2.24) is 9.55 Å². The fraction of sp³-hybridized carbons (Fsp3) is 0. The van der Waals surface area contributed by atoms with Gasteiger partial charge in [0, 0.05) is 0 Å². The maximum absolute atomic E-state index is 13.3. The number of halogens is 1. The van der Waals surface area contributed by atoms with Crippen molar-refractivity contribution in [2.24, 2.45) is 0 Å². The normalized spacial score (nSPS) is 10.8. The number of aromatic carboxylic acids is 1. The first-order valence-electron chi connectivity index (χ1n) is 5.80. The largest absolute Gasteiger partial charge is 0.478 e. The van der Waals surface area contributed by atoms with Crippen molar-refractivity contribution >= 4 is 17.0 Å². The van der Waals surface area contributed by atoms with Crippen LogP contribution in [0.15, 0.2) is 47.3 Å². The number of benzene rings is 2. The molecule has 6 heteroatoms. The Morgan fingerprint density at radius 1 is 1.20 bits per heavy atom. The van der Waals surface area contributed by atoms with Gasteiger partial charge < -0.3 is 10.1 Å². The highest BCUT2D eigenvalue weighted by Gasteiger charge is 2.11. The number of carboxylic acid groups (broad SMARTS) is 1. The van der Waals surface area contributed by atoms with Gasteiger partial charge in [-0.3, -0.25) is 4.57 Å². The summed E-state index contributed by atoms with van der Waals surface area (Å²) in [5.74, 6) is -1.53. The summed E-state index contributed by atoms with van der Waals surface area (Å²) in [6.07, 6.45) is 0. The van der Waals surface area contributed by atoms with Gasteiger partial charge in [-0.25, -0.2) is 14.0 Å². The molecule has 100 valence electrons. The zero-order chi connectivity index (χ0) is 14.3. The standard InChI is InChI=1S/C14H9FN2O3/c15-9-2-1-3-10(7-9)17-12-5-4-8(13(18)19)6-11(12)16-14(17)20/h1-7H,(H,16,20)(H,18,19). The van der Waals surface area contributed by atoms with E-state index >= 15 is 0 Å². The van der Waals surface area contributed by atoms with Gasteiger partial charge in [0.1, 0.15) is 5.82 Å². The van der Waals surface area contributed by atoms with Crippen LogP contribution in [-0.4, -0.2) is 20.6 Å². The summed E-state index contributed by atoms with van der Waals surface area (Å²) in [6, 6.07) is 9.90. The molecule has 0 fully saturated rings. The van der Waals surface area contributed by atoms with Crippen molar-refractivity contribution < 1.29 is 14.3 Å². The number of nitrogens with one attached hydrogen (secondary N) is 1. The SMILES string of the molecule is O=C(O)c1ccc2c(c1)[nH]c(=O)n2-c1cccc(F)c1. The fourth-order valence-corrected chi connectivity index (χ4v) is 2.12. The van der Waals surface area contributed by atoms with E-state index in [1.807, 2.05) is 0 Å². The minimum absolute atomic E-state index is 0.0742. The van der Waals surface area contributed by atoms with Gasteiger partial charge in [-0.2, -0.15) is 0 Å². The number of hydrogen-bond donors (Lipinski definition) is 2. The summed E-state index contributed by atoms with van der Waals surface area (Å²) in [7, 11) is 0. The van der Waals surface area contributed by atoms with Gasteiger partial charge in [-0.1, -0.05) is 6.07 Å². The van der Waals surface area contributed by atoms with Crippen LogP contribution in [0.1, 0.15) is 10.4 Å². The maximum atomic E-state index is 13.3. The summed E-state index contributed by atoms with van der Waals surface area (Å²) in [4.78, 5) is 25.4. The van der Waals surface area contributed by atoms with Crippen molar-refractivity contribution in [3.63, 3.8) is 0 Å². The molecule has 0 spiro atoms. The summed E-state index contributed by atoms with van der Waals surface area (Å²) < 4.78 is 14.6. The number of carbonyl (C=O) groups is 1. The Hall–Kier alpha value is -2.89. The zero-order valence-corrected chi connectivity index (χ0v) is 10.1. The Kier molecular flexibility index (Phi) is 2.64. The highest BCUT2D eigenvalue weighted by atomic mass is 19.1. The number of nitrogens with zero attached hydrogens (tertiary/aromatic N) is 1. The van der Waals surface area contributed by atoms with Crippen LogP contribution in [0.2, 0.25) is 0 Å². The molecular formula is C14H9FN2O3. The molecule has 1 heterocycles. The van der Waals surface area contributed by atoms with Crippen LogP contribution in [0.5, 0.6) is 0 Å². The molecular weight excluding hydrogens is 263 g/mol. The molecule has 0 aliphatic heterocycles. The molecule has 0 aliphatic carbocycles. The molecule has 0 saturated heterocycles. The van der Waals surface area contributed by atoms with Crippen LogP contribution < -0.4 is 5.69 Å². The molecule has 3 rings (SSSR count). The van der Waals surface area contributed by atoms with Gasteiger partial charge in [-0.05, 0) is 36.4 Å². The number of rotatable bonds is 2. The van der Waals surface area contributed by atoms with E-state index in [1.165, 1.54) is 41.0 Å². The second-order valence-corrected chi connectivity index (χ2v) is 4.28. The van der Waals surface area contributed by atoms with E-state index in [9.17, 15) is 14.0 Å². The number of hydrogen-bond acceptors (Lipinski definition) is 2. The maximum Gasteiger partial charge on any atom is 0.335 e. The van der Waals surface area contributed by atoms with Crippen LogP contribution >= 0.6 is 0 Å². The second-order valence-electron chi connectivity index (χ2n) is 4.28. The van der Waals surface area contributed by atoms with Crippen LogP contribution in [0.25, 0.3) is 16.7 Å². The highest BCUT2D eigenvalue weighted by Crippen LogP contribution is 2.17. The van der Waals surface area contributed by atoms with E-state index in [4.69, 9.17) is 5.11 Å². The average molecular weight is 272 g/mol. The van der Waals surface area contributed by atoms with Gasteiger partial charge in [0.15, 0.2) is 0 Å². The molecule has 5 nitrogen and oxygen atoms in total. The van der Waals surface area contributed by atoms with Crippen molar-refractivity contribution in [3.8, 4) is 5.69 Å². The van der Waals surface area contributed by atoms with Crippen LogP contribution in [-0.2, 0) is 0 Å². The molecule has 2 N–H and O–H groups in total. The topological polar surface area (TPSA) is 75.1 Å². The first kappa shape index (κ1) is 12.2. The van der Waals surface area contributed by atoms with Crippen molar-refractivity contribution in [2.75, 3.05) is 0 Å². The Labute approximate surface area is 111 Å². The molecule has 2 aromatic carbocycles. The van der Waals surface area contributed by atoms with E-state index < -0.39 is 17.5 Å². The van der Waals surface area contributed by atoms with Crippen LogP contribution in [0.3, 0.4) is 0 Å². The molecule has 0 unspecified atom stereocenters. The number of aromatic amines is 1. The molecule has 0 bridgehead atoms. The molecule has 0 saturated carbocycles. The summed E-state index contributed by atoms with van der Waals surface area (Å²) in [5, 5.41) is 8.93. The van der Waals surface area contributed by atoms with Gasteiger partial charge in [-0.15, -0.1) is 0 Å². The molecule has 0 atom stereocenters. The number of aromatic nitrogens is 2. The molecule has 0 aliphatic rings. The van der Waals surface area contributed by atoms with E-state index in [1.54, 1.807) is 6.07 Å². The predicted octanol–water partition coefficient (Wildman–Crippen LogP) is 2.16. The predicted molar refractivity (Wildman–Crippen MR) is 70.8 cm³/mol. The van der Waals surface area contributed by atoms with Crippen molar-refractivity contribution in [2.45, 2.75) is 0 Å². The lowest BCUT2D eigenvalue weighted by Crippen LogP contribution is -2.14. The molecule has 1 aromatic heterocycles. The number of imidazole rings is 1. The van der Waals surface area contributed by atoms with Crippen LogP contribution in [0.4, 0.5) is 4.39 Å². The third kappa shape index (κ3) is 1.87. The highest BCUT2D eigenvalue weighted by molar-refractivity contribution is 5.92. The average Bonchev–Trinajstić information content (AvgIpc) is 2.73. The van der Waals surface area contributed by atoms with Gasteiger partial charge >= 0.3 is 11.7 Å². The van der Waals surface area contributed by atoms with E-state index in [0.29, 0.717) is 16.7 Å². The third-order valence-electron chi connectivity index (χ3n) is 3.00. The zero-order valence-electron chi connectivity index (χ0n) is 10.1. The fourth-order valence-electron chi connectivity index (χ4n) is 2.12. The Morgan fingerprint density at radius 3 is 2.70 bits per heavy atom. The van der Waals surface area contributed by atoms with Gasteiger partial charge in [0.05, 0.1) is 22.3 Å². The molecule has 20 heavy (non-hydrogen) atoms. The summed E-state index contributed by atoms with van der Waals surface area (Å²) in [5.41, 5.74) is 0.882. The van der Waals surface area contributed by atoms with Gasteiger partial charge in [0.2, 0.25) is 0 Å². The van der Waals surface area contributed by atoms with E-state index in [2.05, 4.69) is 4.98 Å². The monoisotopic (exact) mass is 272 g/mol.